The molecule has 0 aliphatic carbocycles. The molecule has 3 aromatic heterocycles. The standard InChI is InChI=1S/C18H9BrF2N4O2/c19-10-1-2-12(13(21)4-10)14-6-17-23-15(18(26)27)5-16(25(17)24-14)9-3-11(20)8-22-7-9/h1-8H,(H,26,27). The molecule has 0 aliphatic rings. The van der Waals surface area contributed by atoms with E-state index in [0.29, 0.717) is 10.0 Å². The molecule has 6 nitrogen and oxygen atoms in total. The SMILES string of the molecule is O=C(O)c1cc(-c2cncc(F)c2)n2nc(-c3ccc(Br)cc3F)cc2n1. The van der Waals surface area contributed by atoms with E-state index in [1.54, 1.807) is 12.1 Å². The maximum atomic E-state index is 14.3. The van der Waals surface area contributed by atoms with Crippen molar-refractivity contribution in [2.45, 2.75) is 0 Å². The monoisotopic (exact) mass is 430 g/mol. The Labute approximate surface area is 159 Å². The zero-order valence-corrected chi connectivity index (χ0v) is 15.0. The third-order valence-corrected chi connectivity index (χ3v) is 4.35. The molecule has 0 atom stereocenters. The van der Waals surface area contributed by atoms with Crippen molar-refractivity contribution in [1.29, 1.82) is 0 Å². The Morgan fingerprint density at radius 3 is 2.63 bits per heavy atom. The molecule has 0 unspecified atom stereocenters. The van der Waals surface area contributed by atoms with Crippen LogP contribution in [0.25, 0.3) is 28.2 Å². The molecule has 9 heteroatoms. The van der Waals surface area contributed by atoms with Crippen LogP contribution in [-0.4, -0.2) is 30.7 Å². The van der Waals surface area contributed by atoms with Crippen molar-refractivity contribution >= 4 is 27.5 Å². The third-order valence-electron chi connectivity index (χ3n) is 3.85. The summed E-state index contributed by atoms with van der Waals surface area (Å²) in [5.41, 5.74) is 1.02. The molecule has 0 bridgehead atoms. The maximum absolute atomic E-state index is 14.3. The first kappa shape index (κ1) is 17.2. The van der Waals surface area contributed by atoms with Gasteiger partial charge in [0.05, 0.1) is 17.6 Å². The van der Waals surface area contributed by atoms with E-state index < -0.39 is 17.6 Å². The summed E-state index contributed by atoms with van der Waals surface area (Å²) < 4.78 is 29.8. The van der Waals surface area contributed by atoms with Crippen molar-refractivity contribution in [1.82, 2.24) is 19.6 Å². The predicted molar refractivity (Wildman–Crippen MR) is 96.2 cm³/mol. The van der Waals surface area contributed by atoms with Gasteiger partial charge in [-0.25, -0.2) is 23.1 Å². The largest absolute Gasteiger partial charge is 0.477 e. The quantitative estimate of drug-likeness (QED) is 0.526. The van der Waals surface area contributed by atoms with Gasteiger partial charge >= 0.3 is 5.97 Å². The van der Waals surface area contributed by atoms with Crippen LogP contribution < -0.4 is 0 Å². The van der Waals surface area contributed by atoms with Gasteiger partial charge in [-0.3, -0.25) is 4.98 Å². The Hall–Kier alpha value is -3.20. The van der Waals surface area contributed by atoms with Crippen molar-refractivity contribution < 1.29 is 18.7 Å². The van der Waals surface area contributed by atoms with Crippen molar-refractivity contribution in [3.05, 3.63) is 70.6 Å². The number of nitrogens with zero attached hydrogens (tertiary/aromatic N) is 4. The van der Waals surface area contributed by atoms with Crippen molar-refractivity contribution in [3.63, 3.8) is 0 Å². The lowest BCUT2D eigenvalue weighted by atomic mass is 10.1. The summed E-state index contributed by atoms with van der Waals surface area (Å²) in [6.45, 7) is 0. The van der Waals surface area contributed by atoms with Gasteiger partial charge in [-0.15, -0.1) is 0 Å². The Morgan fingerprint density at radius 2 is 1.93 bits per heavy atom. The number of carbonyl (C=O) groups is 1. The first-order valence-corrected chi connectivity index (χ1v) is 8.42. The highest BCUT2D eigenvalue weighted by Gasteiger charge is 2.17. The Bertz CT molecular complexity index is 1210. The van der Waals surface area contributed by atoms with E-state index in [4.69, 9.17) is 0 Å². The molecule has 27 heavy (non-hydrogen) atoms. The number of rotatable bonds is 3. The van der Waals surface area contributed by atoms with E-state index in [2.05, 4.69) is 31.0 Å². The Kier molecular flexibility index (Phi) is 4.15. The number of fused-ring (bicyclic) bond motifs is 1. The second-order valence-electron chi connectivity index (χ2n) is 5.65. The van der Waals surface area contributed by atoms with Gasteiger partial charge < -0.3 is 5.11 Å². The van der Waals surface area contributed by atoms with E-state index in [0.717, 1.165) is 6.20 Å². The summed E-state index contributed by atoms with van der Waals surface area (Å²) in [4.78, 5) is 19.2. The molecule has 0 radical (unpaired) electrons. The lowest BCUT2D eigenvalue weighted by Gasteiger charge is -2.06. The van der Waals surface area contributed by atoms with Gasteiger partial charge in [-0.1, -0.05) is 15.9 Å². The topological polar surface area (TPSA) is 80.4 Å². The summed E-state index contributed by atoms with van der Waals surface area (Å²) in [5.74, 6) is -2.33. The van der Waals surface area contributed by atoms with E-state index in [9.17, 15) is 18.7 Å². The number of aromatic nitrogens is 4. The minimum Gasteiger partial charge on any atom is -0.477 e. The van der Waals surface area contributed by atoms with Crippen LogP contribution in [-0.2, 0) is 0 Å². The molecule has 3 heterocycles. The van der Waals surface area contributed by atoms with Gasteiger partial charge in [0, 0.05) is 27.9 Å². The maximum Gasteiger partial charge on any atom is 0.354 e. The van der Waals surface area contributed by atoms with Crippen molar-refractivity contribution in [2.75, 3.05) is 0 Å². The molecular formula is C18H9BrF2N4O2. The van der Waals surface area contributed by atoms with E-state index >= 15 is 0 Å². The molecule has 0 aliphatic heterocycles. The number of aromatic carboxylic acids is 1. The fraction of sp³-hybridized carbons (Fsp3) is 0. The lowest BCUT2D eigenvalue weighted by Crippen LogP contribution is -2.05. The Morgan fingerprint density at radius 1 is 1.11 bits per heavy atom. The van der Waals surface area contributed by atoms with Gasteiger partial charge in [0.2, 0.25) is 0 Å². The normalized spacial score (nSPS) is 11.1. The first-order valence-electron chi connectivity index (χ1n) is 7.63. The third kappa shape index (κ3) is 3.17. The number of carboxylic acids is 1. The van der Waals surface area contributed by atoms with Gasteiger partial charge in [-0.05, 0) is 30.3 Å². The van der Waals surface area contributed by atoms with Crippen LogP contribution in [0, 0.1) is 11.6 Å². The van der Waals surface area contributed by atoms with E-state index in [1.165, 1.54) is 35.0 Å². The zero-order valence-electron chi connectivity index (χ0n) is 13.4. The molecule has 1 N–H and O–H groups in total. The summed E-state index contributed by atoms with van der Waals surface area (Å²) in [7, 11) is 0. The average Bonchev–Trinajstić information content (AvgIpc) is 3.04. The molecule has 0 amide bonds. The summed E-state index contributed by atoms with van der Waals surface area (Å²) in [6, 6.07) is 8.44. The predicted octanol–water partition coefficient (Wildman–Crippen LogP) is 4.20. The van der Waals surface area contributed by atoms with Gasteiger partial charge in [0.1, 0.15) is 11.6 Å². The van der Waals surface area contributed by atoms with Gasteiger partial charge in [0.15, 0.2) is 11.3 Å². The van der Waals surface area contributed by atoms with Crippen LogP contribution in [0.5, 0.6) is 0 Å². The molecule has 4 aromatic rings. The first-order chi connectivity index (χ1) is 12.9. The smallest absolute Gasteiger partial charge is 0.354 e. The van der Waals surface area contributed by atoms with Crippen LogP contribution in [0.3, 0.4) is 0 Å². The van der Waals surface area contributed by atoms with Crippen LogP contribution in [0.15, 0.2) is 53.3 Å². The summed E-state index contributed by atoms with van der Waals surface area (Å²) in [6.07, 6.45) is 2.41. The number of halogens is 3. The van der Waals surface area contributed by atoms with Gasteiger partial charge in [0.25, 0.3) is 0 Å². The van der Waals surface area contributed by atoms with E-state index in [-0.39, 0.29) is 28.3 Å². The minimum atomic E-state index is -1.25. The fourth-order valence-electron chi connectivity index (χ4n) is 2.67. The minimum absolute atomic E-state index is 0.187. The highest BCUT2D eigenvalue weighted by molar-refractivity contribution is 9.10. The Balaban J connectivity index is 1.99. The molecule has 0 saturated heterocycles. The van der Waals surface area contributed by atoms with Crippen molar-refractivity contribution in [2.24, 2.45) is 0 Å². The molecule has 4 rings (SSSR count). The number of hydrogen-bond donors (Lipinski definition) is 1. The molecular weight excluding hydrogens is 422 g/mol. The molecule has 1 aromatic carbocycles. The number of hydrogen-bond acceptors (Lipinski definition) is 4. The van der Waals surface area contributed by atoms with Crippen LogP contribution >= 0.6 is 15.9 Å². The number of benzene rings is 1. The molecule has 0 saturated carbocycles. The average molecular weight is 431 g/mol. The van der Waals surface area contributed by atoms with Crippen LogP contribution in [0.4, 0.5) is 8.78 Å². The lowest BCUT2D eigenvalue weighted by molar-refractivity contribution is 0.0690. The zero-order chi connectivity index (χ0) is 19.1. The number of pyridine rings is 1. The fourth-order valence-corrected chi connectivity index (χ4v) is 3.00. The highest BCUT2D eigenvalue weighted by atomic mass is 79.9. The van der Waals surface area contributed by atoms with Crippen LogP contribution in [0.1, 0.15) is 10.5 Å². The van der Waals surface area contributed by atoms with Crippen molar-refractivity contribution in [3.8, 4) is 22.5 Å². The number of carboxylic acid groups (broad SMARTS) is 1. The molecule has 0 fully saturated rings. The molecule has 134 valence electrons. The molecule has 0 spiro atoms. The van der Waals surface area contributed by atoms with Crippen LogP contribution in [0.2, 0.25) is 0 Å². The second-order valence-corrected chi connectivity index (χ2v) is 6.56. The van der Waals surface area contributed by atoms with E-state index in [1.807, 2.05) is 0 Å². The summed E-state index contributed by atoms with van der Waals surface area (Å²) in [5, 5.41) is 13.7. The van der Waals surface area contributed by atoms with Gasteiger partial charge in [-0.2, -0.15) is 5.10 Å². The highest BCUT2D eigenvalue weighted by Crippen LogP contribution is 2.28. The summed E-state index contributed by atoms with van der Waals surface area (Å²) >= 11 is 3.19. The second kappa shape index (κ2) is 6.51.